The molecule has 0 fully saturated rings. The van der Waals surface area contributed by atoms with Crippen molar-refractivity contribution in [3.63, 3.8) is 0 Å². The van der Waals surface area contributed by atoms with Gasteiger partial charge in [-0.25, -0.2) is 4.98 Å². The first-order valence-electron chi connectivity index (χ1n) is 7.88. The summed E-state index contributed by atoms with van der Waals surface area (Å²) in [5.74, 6) is 0. The van der Waals surface area contributed by atoms with Crippen molar-refractivity contribution in [3.8, 4) is 11.1 Å². The SMILES string of the molecule is CC(C)(C)c1ccc(-c2cc(N)cc(Cn3ccnc3)c2)cc1. The molecule has 0 saturated heterocycles. The predicted molar refractivity (Wildman–Crippen MR) is 96.3 cm³/mol. The van der Waals surface area contributed by atoms with Crippen LogP contribution < -0.4 is 5.73 Å². The number of nitrogen functional groups attached to an aromatic ring is 1. The van der Waals surface area contributed by atoms with Gasteiger partial charge in [0, 0.05) is 24.6 Å². The number of nitrogens with two attached hydrogens (primary N) is 1. The Kier molecular flexibility index (Phi) is 3.95. The molecule has 0 radical (unpaired) electrons. The molecule has 0 aliphatic carbocycles. The number of imidazole rings is 1. The zero-order valence-electron chi connectivity index (χ0n) is 14.0. The molecule has 2 N–H and O–H groups in total. The van der Waals surface area contributed by atoms with Gasteiger partial charge in [-0.05, 0) is 45.9 Å². The summed E-state index contributed by atoms with van der Waals surface area (Å²) in [7, 11) is 0. The third-order valence-electron chi connectivity index (χ3n) is 4.02. The van der Waals surface area contributed by atoms with Crippen LogP contribution >= 0.6 is 0 Å². The quantitative estimate of drug-likeness (QED) is 0.725. The monoisotopic (exact) mass is 305 g/mol. The number of benzene rings is 2. The first kappa shape index (κ1) is 15.3. The largest absolute Gasteiger partial charge is 0.399 e. The summed E-state index contributed by atoms with van der Waals surface area (Å²) in [6, 6.07) is 15.0. The number of hydrogen-bond donors (Lipinski definition) is 1. The Morgan fingerprint density at radius 1 is 1.00 bits per heavy atom. The molecular weight excluding hydrogens is 282 g/mol. The summed E-state index contributed by atoms with van der Waals surface area (Å²) in [5, 5.41) is 0. The van der Waals surface area contributed by atoms with Crippen molar-refractivity contribution in [2.45, 2.75) is 32.7 Å². The maximum absolute atomic E-state index is 6.10. The van der Waals surface area contributed by atoms with Crippen LogP contribution in [0.5, 0.6) is 0 Å². The zero-order chi connectivity index (χ0) is 16.4. The third kappa shape index (κ3) is 3.62. The minimum absolute atomic E-state index is 0.167. The summed E-state index contributed by atoms with van der Waals surface area (Å²) < 4.78 is 2.04. The van der Waals surface area contributed by atoms with Crippen LogP contribution in [-0.2, 0) is 12.0 Å². The summed E-state index contributed by atoms with van der Waals surface area (Å²) in [4.78, 5) is 4.09. The van der Waals surface area contributed by atoms with E-state index in [1.54, 1.807) is 6.20 Å². The molecule has 0 unspecified atom stereocenters. The van der Waals surface area contributed by atoms with Crippen molar-refractivity contribution in [2.24, 2.45) is 0 Å². The Bertz CT molecular complexity index is 779. The minimum atomic E-state index is 0.167. The standard InChI is InChI=1S/C20H23N3/c1-20(2,3)18-6-4-16(5-7-18)17-10-15(11-19(21)12-17)13-23-9-8-22-14-23/h4-12,14H,13,21H2,1-3H3. The van der Waals surface area contributed by atoms with E-state index in [2.05, 4.69) is 56.1 Å². The molecule has 3 aromatic rings. The van der Waals surface area contributed by atoms with E-state index in [9.17, 15) is 0 Å². The minimum Gasteiger partial charge on any atom is -0.399 e. The molecule has 118 valence electrons. The molecule has 0 bridgehead atoms. The van der Waals surface area contributed by atoms with Gasteiger partial charge in [-0.2, -0.15) is 0 Å². The molecule has 3 heteroatoms. The molecule has 3 nitrogen and oxygen atoms in total. The van der Waals surface area contributed by atoms with E-state index in [0.717, 1.165) is 17.8 Å². The van der Waals surface area contributed by atoms with Gasteiger partial charge >= 0.3 is 0 Å². The molecule has 0 aliphatic rings. The highest BCUT2D eigenvalue weighted by Crippen LogP contribution is 2.28. The van der Waals surface area contributed by atoms with Gasteiger partial charge in [0.2, 0.25) is 0 Å². The van der Waals surface area contributed by atoms with E-state index < -0.39 is 0 Å². The highest BCUT2D eigenvalue weighted by Gasteiger charge is 2.13. The normalized spacial score (nSPS) is 11.6. The van der Waals surface area contributed by atoms with Gasteiger partial charge in [-0.1, -0.05) is 45.0 Å². The van der Waals surface area contributed by atoms with Crippen molar-refractivity contribution < 1.29 is 0 Å². The van der Waals surface area contributed by atoms with E-state index in [4.69, 9.17) is 5.73 Å². The molecule has 3 rings (SSSR count). The molecule has 0 saturated carbocycles. The van der Waals surface area contributed by atoms with Crippen molar-refractivity contribution in [2.75, 3.05) is 5.73 Å². The second-order valence-corrected chi connectivity index (χ2v) is 7.03. The zero-order valence-corrected chi connectivity index (χ0v) is 14.0. The number of aromatic nitrogens is 2. The van der Waals surface area contributed by atoms with Gasteiger partial charge in [0.25, 0.3) is 0 Å². The predicted octanol–water partition coefficient (Wildman–Crippen LogP) is 4.48. The van der Waals surface area contributed by atoms with Crippen molar-refractivity contribution in [1.82, 2.24) is 9.55 Å². The number of nitrogens with zero attached hydrogens (tertiary/aromatic N) is 2. The van der Waals surface area contributed by atoms with E-state index in [0.29, 0.717) is 0 Å². The van der Waals surface area contributed by atoms with Crippen LogP contribution in [0.15, 0.2) is 61.2 Å². The van der Waals surface area contributed by atoms with Crippen molar-refractivity contribution in [1.29, 1.82) is 0 Å². The summed E-state index contributed by atoms with van der Waals surface area (Å²) in [6.45, 7) is 7.46. The van der Waals surface area contributed by atoms with Crippen LogP contribution in [0.2, 0.25) is 0 Å². The highest BCUT2D eigenvalue weighted by atomic mass is 15.0. The lowest BCUT2D eigenvalue weighted by molar-refractivity contribution is 0.590. The second-order valence-electron chi connectivity index (χ2n) is 7.03. The lowest BCUT2D eigenvalue weighted by atomic mass is 9.86. The van der Waals surface area contributed by atoms with Crippen molar-refractivity contribution >= 4 is 5.69 Å². The fraction of sp³-hybridized carbons (Fsp3) is 0.250. The van der Waals surface area contributed by atoms with Crippen LogP contribution in [0.3, 0.4) is 0 Å². The topological polar surface area (TPSA) is 43.8 Å². The number of hydrogen-bond acceptors (Lipinski definition) is 2. The first-order valence-corrected chi connectivity index (χ1v) is 7.88. The molecule has 2 aromatic carbocycles. The summed E-state index contributed by atoms with van der Waals surface area (Å²) in [6.07, 6.45) is 5.57. The van der Waals surface area contributed by atoms with E-state index in [1.165, 1.54) is 16.7 Å². The lowest BCUT2D eigenvalue weighted by Crippen LogP contribution is -2.10. The fourth-order valence-corrected chi connectivity index (χ4v) is 2.73. The molecule has 1 heterocycles. The summed E-state index contributed by atoms with van der Waals surface area (Å²) >= 11 is 0. The van der Waals surface area contributed by atoms with Gasteiger partial charge in [0.1, 0.15) is 0 Å². The Hall–Kier alpha value is -2.55. The van der Waals surface area contributed by atoms with Gasteiger partial charge < -0.3 is 10.3 Å². The van der Waals surface area contributed by atoms with Crippen molar-refractivity contribution in [3.05, 3.63) is 72.3 Å². The fourth-order valence-electron chi connectivity index (χ4n) is 2.73. The van der Waals surface area contributed by atoms with E-state index >= 15 is 0 Å². The smallest absolute Gasteiger partial charge is 0.0949 e. The Morgan fingerprint density at radius 2 is 1.74 bits per heavy atom. The Labute approximate surface area is 137 Å². The maximum atomic E-state index is 6.10. The molecular formula is C20H23N3. The summed E-state index contributed by atoms with van der Waals surface area (Å²) in [5.41, 5.74) is 11.9. The van der Waals surface area contributed by atoms with Crippen LogP contribution in [0, 0.1) is 0 Å². The first-order chi connectivity index (χ1) is 10.9. The Balaban J connectivity index is 1.92. The molecule has 0 atom stereocenters. The van der Waals surface area contributed by atoms with E-state index in [1.807, 2.05) is 29.2 Å². The molecule has 0 aliphatic heterocycles. The Morgan fingerprint density at radius 3 is 2.35 bits per heavy atom. The third-order valence-corrected chi connectivity index (χ3v) is 4.02. The highest BCUT2D eigenvalue weighted by molar-refractivity contribution is 5.69. The molecule has 23 heavy (non-hydrogen) atoms. The van der Waals surface area contributed by atoms with Crippen LogP contribution in [-0.4, -0.2) is 9.55 Å². The number of rotatable bonds is 3. The molecule has 0 amide bonds. The number of anilines is 1. The van der Waals surface area contributed by atoms with E-state index in [-0.39, 0.29) is 5.41 Å². The van der Waals surface area contributed by atoms with Gasteiger partial charge in [0.15, 0.2) is 0 Å². The molecule has 0 spiro atoms. The van der Waals surface area contributed by atoms with Crippen LogP contribution in [0.1, 0.15) is 31.9 Å². The van der Waals surface area contributed by atoms with Gasteiger partial charge in [-0.15, -0.1) is 0 Å². The van der Waals surface area contributed by atoms with Gasteiger partial charge in [0.05, 0.1) is 6.33 Å². The average molecular weight is 305 g/mol. The van der Waals surface area contributed by atoms with Crippen LogP contribution in [0.25, 0.3) is 11.1 Å². The second kappa shape index (κ2) is 5.92. The molecule has 1 aromatic heterocycles. The maximum Gasteiger partial charge on any atom is 0.0949 e. The average Bonchev–Trinajstić information content (AvgIpc) is 2.99. The lowest BCUT2D eigenvalue weighted by Gasteiger charge is -2.19. The van der Waals surface area contributed by atoms with Gasteiger partial charge in [-0.3, -0.25) is 0 Å². The van der Waals surface area contributed by atoms with Crippen LogP contribution in [0.4, 0.5) is 5.69 Å².